The van der Waals surface area contributed by atoms with Crippen LogP contribution in [0.25, 0.3) is 0 Å². The third-order valence-corrected chi connectivity index (χ3v) is 4.07. The minimum Gasteiger partial charge on any atom is -0.383 e. The van der Waals surface area contributed by atoms with Crippen LogP contribution in [0.1, 0.15) is 23.6 Å². The summed E-state index contributed by atoms with van der Waals surface area (Å²) in [6.45, 7) is 7.51. The Morgan fingerprint density at radius 3 is 2.80 bits per heavy atom. The predicted molar refractivity (Wildman–Crippen MR) is 87.0 cm³/mol. The molecule has 2 rings (SSSR count). The van der Waals surface area contributed by atoms with Gasteiger partial charge in [-0.15, -0.1) is 0 Å². The number of thiol groups is 1. The Hall–Kier alpha value is -1.47. The van der Waals surface area contributed by atoms with E-state index >= 15 is 0 Å². The number of hydrogen-bond acceptors (Lipinski definition) is 3. The van der Waals surface area contributed by atoms with Crippen LogP contribution in [0.5, 0.6) is 0 Å². The highest BCUT2D eigenvalue weighted by molar-refractivity contribution is 8.00. The summed E-state index contributed by atoms with van der Waals surface area (Å²) in [6.07, 6.45) is 6.25. The number of amidine groups is 1. The Balaban J connectivity index is 2.51. The third-order valence-electron chi connectivity index (χ3n) is 3.38. The van der Waals surface area contributed by atoms with Gasteiger partial charge < -0.3 is 15.6 Å². The summed E-state index contributed by atoms with van der Waals surface area (Å²) in [5.41, 5.74) is 7.76. The van der Waals surface area contributed by atoms with Crippen LogP contribution in [0.15, 0.2) is 15.6 Å². The molecule has 1 aromatic heterocycles. The Labute approximate surface area is 120 Å². The van der Waals surface area contributed by atoms with Gasteiger partial charge in [0, 0.05) is 31.3 Å². The summed E-state index contributed by atoms with van der Waals surface area (Å²) < 4.78 is 18.1. The molecule has 6 nitrogen and oxygen atoms in total. The highest BCUT2D eigenvalue weighted by Crippen LogP contribution is 2.30. The van der Waals surface area contributed by atoms with Gasteiger partial charge in [-0.3, -0.25) is 4.21 Å². The van der Waals surface area contributed by atoms with E-state index in [4.69, 9.17) is 5.73 Å². The van der Waals surface area contributed by atoms with Gasteiger partial charge in [-0.1, -0.05) is 0 Å². The van der Waals surface area contributed by atoms with E-state index in [-0.39, 0.29) is 5.84 Å². The first kappa shape index (κ1) is 14.9. The molecule has 1 saturated heterocycles. The molecule has 1 aliphatic rings. The lowest BCUT2D eigenvalue weighted by molar-refractivity contribution is 0.553. The van der Waals surface area contributed by atoms with Crippen molar-refractivity contribution in [2.24, 2.45) is 15.1 Å². The largest absolute Gasteiger partial charge is 0.383 e. The average Bonchev–Trinajstić information content (AvgIpc) is 2.92. The van der Waals surface area contributed by atoms with E-state index in [1.807, 2.05) is 13.1 Å². The van der Waals surface area contributed by atoms with Crippen molar-refractivity contribution in [1.82, 2.24) is 9.88 Å². The number of nitrogens with one attached hydrogen (secondary N) is 1. The first-order valence-electron chi connectivity index (χ1n) is 6.63. The number of hydrogen-bond donors (Lipinski definition) is 3. The quantitative estimate of drug-likeness (QED) is 0.431. The van der Waals surface area contributed by atoms with Gasteiger partial charge in [0.1, 0.15) is 11.7 Å². The molecule has 1 aromatic rings. The number of aliphatic imine (C=N–C) groups is 1. The molecule has 0 aliphatic carbocycles. The van der Waals surface area contributed by atoms with Crippen molar-refractivity contribution in [2.45, 2.75) is 19.4 Å². The third kappa shape index (κ3) is 2.99. The predicted octanol–water partition coefficient (Wildman–Crippen LogP) is 0.560. The van der Waals surface area contributed by atoms with Gasteiger partial charge in [-0.25, -0.2) is 4.99 Å². The van der Waals surface area contributed by atoms with Gasteiger partial charge in [-0.2, -0.15) is 4.40 Å². The Morgan fingerprint density at radius 2 is 2.30 bits per heavy atom. The fourth-order valence-electron chi connectivity index (χ4n) is 2.58. The van der Waals surface area contributed by atoms with Crippen molar-refractivity contribution in [3.63, 3.8) is 0 Å². The van der Waals surface area contributed by atoms with Gasteiger partial charge in [0.2, 0.25) is 0 Å². The molecule has 3 N–H and O–H groups in total. The van der Waals surface area contributed by atoms with Gasteiger partial charge in [0.25, 0.3) is 0 Å². The molecule has 2 heterocycles. The Bertz CT molecular complexity index is 592. The van der Waals surface area contributed by atoms with E-state index in [1.54, 1.807) is 12.5 Å². The fraction of sp³-hybridized carbons (Fsp3) is 0.538. The minimum atomic E-state index is -2.57. The molecule has 112 valence electrons. The Kier molecular flexibility index (Phi) is 4.10. The van der Waals surface area contributed by atoms with Crippen molar-refractivity contribution >= 4 is 28.5 Å². The summed E-state index contributed by atoms with van der Waals surface area (Å²) in [5, 5.41) is 3.33. The van der Waals surface area contributed by atoms with E-state index in [9.17, 15) is 4.21 Å². The highest BCUT2D eigenvalue weighted by atomic mass is 32.3. The van der Waals surface area contributed by atoms with E-state index in [1.165, 1.54) is 0 Å². The molecule has 20 heavy (non-hydrogen) atoms. The molecule has 0 saturated carbocycles. The van der Waals surface area contributed by atoms with E-state index < -0.39 is 10.1 Å². The van der Waals surface area contributed by atoms with Crippen molar-refractivity contribution in [3.8, 4) is 0 Å². The SMILES string of the molecule is C=Nc1c(/C(N)=N\[SH](C)(C)=O)c(C)cn1C1CCNC1. The zero-order valence-electron chi connectivity index (χ0n) is 12.3. The number of nitrogens with two attached hydrogens (primary N) is 1. The summed E-state index contributed by atoms with van der Waals surface area (Å²) >= 11 is 0. The van der Waals surface area contributed by atoms with Crippen LogP contribution in [0.4, 0.5) is 5.82 Å². The number of aryl methyl sites for hydroxylation is 1. The van der Waals surface area contributed by atoms with Crippen molar-refractivity contribution in [2.75, 3.05) is 25.6 Å². The lowest BCUT2D eigenvalue weighted by atomic mass is 10.2. The maximum absolute atomic E-state index is 11.8. The molecular weight excluding hydrogens is 274 g/mol. The van der Waals surface area contributed by atoms with E-state index in [2.05, 4.69) is 26.0 Å². The van der Waals surface area contributed by atoms with Crippen LogP contribution in [0, 0.1) is 6.92 Å². The molecule has 1 atom stereocenters. The number of aromatic nitrogens is 1. The van der Waals surface area contributed by atoms with Crippen LogP contribution in [-0.2, 0) is 10.1 Å². The number of rotatable bonds is 4. The van der Waals surface area contributed by atoms with Gasteiger partial charge in [0.15, 0.2) is 0 Å². The van der Waals surface area contributed by atoms with Gasteiger partial charge in [0.05, 0.1) is 5.56 Å². The topological polar surface area (TPSA) is 84.8 Å². The normalized spacial score (nSPS) is 21.1. The first-order valence-corrected chi connectivity index (χ1v) is 9.19. The second kappa shape index (κ2) is 5.49. The molecule has 7 heteroatoms. The standard InChI is InChI=1S/C13H23N5OS/c1-9-8-18(10-5-6-16-7-10)13(15-2)11(9)12(14)17-20(3,4)19/h8,10,16,20H,2,5-7H2,1,3-4H3,(H2,14,17,19). The lowest BCUT2D eigenvalue weighted by Crippen LogP contribution is -2.19. The second-order valence-electron chi connectivity index (χ2n) is 5.50. The van der Waals surface area contributed by atoms with Crippen LogP contribution < -0.4 is 11.1 Å². The maximum Gasteiger partial charge on any atom is 0.143 e. The molecule has 0 spiro atoms. The molecule has 1 fully saturated rings. The molecule has 0 radical (unpaired) electrons. The van der Waals surface area contributed by atoms with Crippen molar-refractivity contribution in [3.05, 3.63) is 17.3 Å². The average molecular weight is 297 g/mol. The van der Waals surface area contributed by atoms with Crippen LogP contribution in [0.3, 0.4) is 0 Å². The highest BCUT2D eigenvalue weighted by Gasteiger charge is 2.23. The number of nitrogens with zero attached hydrogens (tertiary/aromatic N) is 3. The fourth-order valence-corrected chi connectivity index (χ4v) is 3.20. The van der Waals surface area contributed by atoms with Crippen LogP contribution >= 0.6 is 0 Å². The first-order chi connectivity index (χ1) is 9.33. The molecule has 0 amide bonds. The van der Waals surface area contributed by atoms with Crippen molar-refractivity contribution < 1.29 is 4.21 Å². The van der Waals surface area contributed by atoms with Crippen molar-refractivity contribution in [1.29, 1.82) is 0 Å². The monoisotopic (exact) mass is 297 g/mol. The summed E-state index contributed by atoms with van der Waals surface area (Å²) in [7, 11) is -2.57. The van der Waals surface area contributed by atoms with Gasteiger partial charge in [-0.05, 0) is 42.3 Å². The zero-order chi connectivity index (χ0) is 14.9. The summed E-state index contributed by atoms with van der Waals surface area (Å²) in [5.74, 6) is 0.994. The molecule has 0 aromatic carbocycles. The lowest BCUT2D eigenvalue weighted by Gasteiger charge is -2.14. The van der Waals surface area contributed by atoms with Crippen LogP contribution in [-0.4, -0.2) is 46.9 Å². The minimum absolute atomic E-state index is 0.280. The Morgan fingerprint density at radius 1 is 1.60 bits per heavy atom. The van der Waals surface area contributed by atoms with E-state index in [0.717, 1.165) is 30.6 Å². The second-order valence-corrected chi connectivity index (χ2v) is 8.29. The maximum atomic E-state index is 11.8. The molecular formula is C13H23N5OS. The zero-order valence-corrected chi connectivity index (χ0v) is 13.2. The van der Waals surface area contributed by atoms with Crippen LogP contribution in [0.2, 0.25) is 0 Å². The summed E-state index contributed by atoms with van der Waals surface area (Å²) in [4.78, 5) is 4.12. The smallest absolute Gasteiger partial charge is 0.143 e. The van der Waals surface area contributed by atoms with E-state index in [0.29, 0.717) is 11.9 Å². The molecule has 1 unspecified atom stereocenters. The van der Waals surface area contributed by atoms with Gasteiger partial charge >= 0.3 is 0 Å². The molecule has 1 aliphatic heterocycles. The molecule has 0 bridgehead atoms. The summed E-state index contributed by atoms with van der Waals surface area (Å²) in [6, 6.07) is 0.353.